The molecule has 0 fully saturated rings. The van der Waals surface area contributed by atoms with Gasteiger partial charge in [0, 0.05) is 5.56 Å². The van der Waals surface area contributed by atoms with E-state index in [0.717, 1.165) is 0 Å². The second kappa shape index (κ2) is 5.50. The van der Waals surface area contributed by atoms with E-state index >= 15 is 0 Å². The fraction of sp³-hybridized carbons (Fsp3) is 0.429. The van der Waals surface area contributed by atoms with Gasteiger partial charge in [0.25, 0.3) is 0 Å². The van der Waals surface area contributed by atoms with Crippen molar-refractivity contribution in [3.05, 3.63) is 35.9 Å². The molecule has 0 N–H and O–H groups in total. The van der Waals surface area contributed by atoms with Crippen LogP contribution < -0.4 is 0 Å². The molecular formula is C14H18O2S. The molecular weight excluding hydrogens is 232 g/mol. The van der Waals surface area contributed by atoms with Crippen LogP contribution in [0.5, 0.6) is 0 Å². The molecule has 1 rings (SSSR count). The summed E-state index contributed by atoms with van der Waals surface area (Å²) in [6, 6.07) is 9.20. The molecule has 0 saturated heterocycles. The highest BCUT2D eigenvalue weighted by Gasteiger charge is 2.32. The smallest absolute Gasteiger partial charge is 0.178 e. The Morgan fingerprint density at radius 2 is 1.71 bits per heavy atom. The van der Waals surface area contributed by atoms with Gasteiger partial charge in [-0.1, -0.05) is 30.3 Å². The first kappa shape index (κ1) is 14.0. The molecule has 0 aromatic heterocycles. The van der Waals surface area contributed by atoms with Gasteiger partial charge in [-0.15, -0.1) is 11.8 Å². The Hall–Kier alpha value is -1.09. The van der Waals surface area contributed by atoms with Gasteiger partial charge in [-0.2, -0.15) is 0 Å². The zero-order valence-corrected chi connectivity index (χ0v) is 11.5. The van der Waals surface area contributed by atoms with Crippen LogP contribution in [0.1, 0.15) is 38.1 Å². The molecule has 1 aromatic carbocycles. The minimum Gasteiger partial charge on any atom is -0.299 e. The molecule has 0 bridgehead atoms. The van der Waals surface area contributed by atoms with Gasteiger partial charge in [-0.25, -0.2) is 0 Å². The number of hydrogen-bond donors (Lipinski definition) is 0. The molecule has 0 heterocycles. The average molecular weight is 250 g/mol. The van der Waals surface area contributed by atoms with Gasteiger partial charge in [0.1, 0.15) is 5.78 Å². The Morgan fingerprint density at radius 1 is 1.18 bits per heavy atom. The van der Waals surface area contributed by atoms with E-state index in [1.54, 1.807) is 6.92 Å². The van der Waals surface area contributed by atoms with E-state index in [-0.39, 0.29) is 16.8 Å². The summed E-state index contributed by atoms with van der Waals surface area (Å²) in [5, 5.41) is -0.155. The van der Waals surface area contributed by atoms with Crippen LogP contribution in [0.2, 0.25) is 0 Å². The molecule has 0 saturated carbocycles. The largest absolute Gasteiger partial charge is 0.299 e. The van der Waals surface area contributed by atoms with Crippen molar-refractivity contribution in [1.82, 2.24) is 0 Å². The van der Waals surface area contributed by atoms with Crippen LogP contribution in [-0.2, 0) is 4.79 Å². The van der Waals surface area contributed by atoms with Crippen molar-refractivity contribution in [3.8, 4) is 0 Å². The molecule has 0 aliphatic carbocycles. The summed E-state index contributed by atoms with van der Waals surface area (Å²) >= 11 is 1.41. The van der Waals surface area contributed by atoms with E-state index in [2.05, 4.69) is 0 Å². The normalized spacial score (nSPS) is 13.2. The van der Waals surface area contributed by atoms with Gasteiger partial charge in [0.15, 0.2) is 5.78 Å². The summed E-state index contributed by atoms with van der Waals surface area (Å²) in [5.74, 6) is 0.167. The topological polar surface area (TPSA) is 34.1 Å². The molecule has 1 atom stereocenters. The van der Waals surface area contributed by atoms with Crippen LogP contribution in [0.4, 0.5) is 0 Å². The van der Waals surface area contributed by atoms with Crippen LogP contribution in [0, 0.1) is 0 Å². The lowest BCUT2D eigenvalue weighted by molar-refractivity contribution is -0.116. The highest BCUT2D eigenvalue weighted by atomic mass is 32.2. The molecule has 0 amide bonds. The Labute approximate surface area is 107 Å². The maximum absolute atomic E-state index is 12.3. The maximum Gasteiger partial charge on any atom is 0.178 e. The van der Waals surface area contributed by atoms with Crippen molar-refractivity contribution in [3.63, 3.8) is 0 Å². The van der Waals surface area contributed by atoms with Gasteiger partial charge < -0.3 is 0 Å². The molecule has 3 heteroatoms. The van der Waals surface area contributed by atoms with Crippen LogP contribution in [0.15, 0.2) is 30.3 Å². The standard InChI is InChI=1S/C14H18O2S/c1-10(15)11(2)17-14(3,4)13(16)12-8-6-5-7-9-12/h5-9,11H,1-4H3. The molecule has 1 unspecified atom stereocenters. The second-order valence-corrected chi connectivity index (χ2v) is 6.54. The molecule has 2 nitrogen and oxygen atoms in total. The first-order chi connectivity index (χ1) is 7.84. The number of rotatable bonds is 5. The van der Waals surface area contributed by atoms with Crippen molar-refractivity contribution in [2.75, 3.05) is 0 Å². The van der Waals surface area contributed by atoms with Crippen LogP contribution in [0.3, 0.4) is 0 Å². The summed E-state index contributed by atoms with van der Waals surface area (Å²) in [7, 11) is 0. The predicted molar refractivity (Wildman–Crippen MR) is 72.6 cm³/mol. The van der Waals surface area contributed by atoms with E-state index in [1.807, 2.05) is 51.1 Å². The first-order valence-electron chi connectivity index (χ1n) is 5.62. The van der Waals surface area contributed by atoms with Crippen molar-refractivity contribution in [2.24, 2.45) is 0 Å². The lowest BCUT2D eigenvalue weighted by atomic mass is 10.0. The third-order valence-electron chi connectivity index (χ3n) is 2.63. The van der Waals surface area contributed by atoms with Gasteiger partial charge >= 0.3 is 0 Å². The van der Waals surface area contributed by atoms with Gasteiger partial charge in [-0.3, -0.25) is 9.59 Å². The second-order valence-electron chi connectivity index (χ2n) is 4.58. The van der Waals surface area contributed by atoms with E-state index in [1.165, 1.54) is 11.8 Å². The highest BCUT2D eigenvalue weighted by Crippen LogP contribution is 2.32. The number of benzene rings is 1. The fourth-order valence-electron chi connectivity index (χ4n) is 1.52. The minimum atomic E-state index is -0.577. The number of hydrogen-bond acceptors (Lipinski definition) is 3. The zero-order valence-electron chi connectivity index (χ0n) is 10.7. The van der Waals surface area contributed by atoms with Crippen molar-refractivity contribution in [2.45, 2.75) is 37.7 Å². The van der Waals surface area contributed by atoms with Crippen molar-refractivity contribution >= 4 is 23.3 Å². The average Bonchev–Trinajstić information content (AvgIpc) is 2.28. The van der Waals surface area contributed by atoms with E-state index in [0.29, 0.717) is 5.56 Å². The summed E-state index contributed by atoms with van der Waals surface area (Å²) in [5.41, 5.74) is 0.695. The van der Waals surface area contributed by atoms with Crippen molar-refractivity contribution in [1.29, 1.82) is 0 Å². The molecule has 0 spiro atoms. The van der Waals surface area contributed by atoms with Crippen LogP contribution in [0.25, 0.3) is 0 Å². The summed E-state index contributed by atoms with van der Waals surface area (Å²) in [6.07, 6.45) is 0. The minimum absolute atomic E-state index is 0.0659. The van der Waals surface area contributed by atoms with Gasteiger partial charge in [-0.05, 0) is 27.7 Å². The summed E-state index contributed by atoms with van der Waals surface area (Å²) in [6.45, 7) is 7.13. The highest BCUT2D eigenvalue weighted by molar-refractivity contribution is 8.02. The molecule has 0 radical (unpaired) electrons. The van der Waals surface area contributed by atoms with E-state index < -0.39 is 4.75 Å². The number of ketones is 2. The first-order valence-corrected chi connectivity index (χ1v) is 6.50. The Balaban J connectivity index is 2.84. The summed E-state index contributed by atoms with van der Waals surface area (Å²) < 4.78 is -0.577. The van der Waals surface area contributed by atoms with Crippen LogP contribution in [-0.4, -0.2) is 21.6 Å². The number of thioether (sulfide) groups is 1. The van der Waals surface area contributed by atoms with Crippen LogP contribution >= 0.6 is 11.8 Å². The molecule has 17 heavy (non-hydrogen) atoms. The molecule has 0 aliphatic rings. The monoisotopic (exact) mass is 250 g/mol. The fourth-order valence-corrected chi connectivity index (χ4v) is 2.79. The summed E-state index contributed by atoms with van der Waals surface area (Å²) in [4.78, 5) is 23.5. The Morgan fingerprint density at radius 3 is 2.18 bits per heavy atom. The predicted octanol–water partition coefficient (Wildman–Crippen LogP) is 3.36. The van der Waals surface area contributed by atoms with Gasteiger partial charge in [0.05, 0.1) is 10.00 Å². The Bertz CT molecular complexity index is 409. The van der Waals surface area contributed by atoms with Gasteiger partial charge in [0.2, 0.25) is 0 Å². The third-order valence-corrected chi connectivity index (χ3v) is 4.09. The van der Waals surface area contributed by atoms with Crippen molar-refractivity contribution < 1.29 is 9.59 Å². The maximum atomic E-state index is 12.3. The lowest BCUT2D eigenvalue weighted by Gasteiger charge is -2.25. The SMILES string of the molecule is CC(=O)C(C)SC(C)(C)C(=O)c1ccccc1. The molecule has 1 aromatic rings. The molecule has 0 aliphatic heterocycles. The Kier molecular flexibility index (Phi) is 4.52. The quantitative estimate of drug-likeness (QED) is 0.751. The number of Topliss-reactive ketones (excluding diaryl/α,β-unsaturated/α-hetero) is 2. The number of carbonyl (C=O) groups is 2. The molecule has 92 valence electrons. The van der Waals surface area contributed by atoms with E-state index in [4.69, 9.17) is 0 Å². The number of carbonyl (C=O) groups excluding carboxylic acids is 2. The van der Waals surface area contributed by atoms with E-state index in [9.17, 15) is 9.59 Å². The third kappa shape index (κ3) is 3.70. The zero-order chi connectivity index (χ0) is 13.1. The lowest BCUT2D eigenvalue weighted by Crippen LogP contribution is -2.31.